The zero-order chi connectivity index (χ0) is 3.41. The molecule has 0 amide bonds. The van der Waals surface area contributed by atoms with Crippen molar-refractivity contribution in [3.8, 4) is 0 Å². The summed E-state index contributed by atoms with van der Waals surface area (Å²) in [6.45, 7) is 3.94. The third-order valence-electron chi connectivity index (χ3n) is 0.167. The van der Waals surface area contributed by atoms with Gasteiger partial charge >= 0.3 is 0 Å². The van der Waals surface area contributed by atoms with Gasteiger partial charge in [0.25, 0.3) is 0 Å². The summed E-state index contributed by atoms with van der Waals surface area (Å²) < 4.78 is 0. The van der Waals surface area contributed by atoms with Gasteiger partial charge in [-0.25, -0.2) is 0 Å². The molecule has 0 fully saturated rings. The molecule has 0 bridgehead atoms. The first-order valence-corrected chi connectivity index (χ1v) is 1.22. The molecule has 0 spiro atoms. The Morgan fingerprint density at radius 1 is 1.80 bits per heavy atom. The number of nitrogens with two attached hydrogens (primary N) is 1. The Balaban J connectivity index is 0. The lowest BCUT2D eigenvalue weighted by molar-refractivity contribution is 1.26. The van der Waals surface area contributed by atoms with Crippen molar-refractivity contribution < 1.29 is 0 Å². The van der Waals surface area contributed by atoms with Crippen LogP contribution in [0.15, 0.2) is 12.7 Å². The first kappa shape index (κ1) is 8.89. The van der Waals surface area contributed by atoms with Gasteiger partial charge in [-0.3, -0.25) is 0 Å². The molecule has 0 radical (unpaired) electrons. The van der Waals surface area contributed by atoms with Crippen LogP contribution in [0.1, 0.15) is 0 Å². The minimum absolute atomic E-state index is 0. The van der Waals surface area contributed by atoms with Crippen LogP contribution in [0.3, 0.4) is 0 Å². The molecule has 0 aliphatic rings. The summed E-state index contributed by atoms with van der Waals surface area (Å²) in [4.78, 5) is 0. The summed E-state index contributed by atoms with van der Waals surface area (Å²) in [6.07, 6.45) is 1.65. The Kier molecular flexibility index (Phi) is 16.0. The van der Waals surface area contributed by atoms with Crippen LogP contribution in [-0.4, -0.2) is 6.54 Å². The zero-order valence-electron chi connectivity index (χ0n) is 2.98. The van der Waals surface area contributed by atoms with Crippen molar-refractivity contribution in [2.24, 2.45) is 5.73 Å². The van der Waals surface area contributed by atoms with Crippen LogP contribution in [0.4, 0.5) is 0 Å². The van der Waals surface area contributed by atoms with E-state index in [0.29, 0.717) is 6.54 Å². The maximum Gasteiger partial charge on any atom is 0.0104 e. The molecule has 0 heterocycles. The van der Waals surface area contributed by atoms with Crippen molar-refractivity contribution in [1.29, 1.82) is 0 Å². The molecule has 0 aliphatic carbocycles. The molecule has 0 saturated carbocycles. The molecule has 0 aliphatic heterocycles. The average molecular weight is 97.5 g/mol. The highest BCUT2D eigenvalue weighted by atomic mass is 35.5. The molecular formula is C3H8ClN. The van der Waals surface area contributed by atoms with E-state index in [9.17, 15) is 0 Å². The Morgan fingerprint density at radius 3 is 2.00 bits per heavy atom. The summed E-state index contributed by atoms with van der Waals surface area (Å²) in [5.74, 6) is 0. The molecule has 0 aromatic carbocycles. The Hall–Kier alpha value is -0.0100. The second-order valence-corrected chi connectivity index (χ2v) is 0.524. The molecule has 0 saturated heterocycles. The third kappa shape index (κ3) is 16.1. The minimum Gasteiger partial charge on any atom is -0.327 e. The van der Waals surface area contributed by atoms with E-state index in [-0.39, 0.29) is 12.4 Å². The maximum atomic E-state index is 4.91. The fourth-order valence-electron chi connectivity index (χ4n) is 0. The van der Waals surface area contributed by atoms with Gasteiger partial charge in [0, 0.05) is 6.54 Å². The van der Waals surface area contributed by atoms with Gasteiger partial charge in [-0.05, 0) is 0 Å². The van der Waals surface area contributed by atoms with Gasteiger partial charge in [-0.1, -0.05) is 6.08 Å². The molecule has 2 N–H and O–H groups in total. The predicted molar refractivity (Wildman–Crippen MR) is 26.5 cm³/mol. The van der Waals surface area contributed by atoms with Crippen LogP contribution in [0.25, 0.3) is 0 Å². The van der Waals surface area contributed by atoms with Gasteiger partial charge in [0.05, 0.1) is 0 Å². The fraction of sp³-hybridized carbons (Fsp3) is 0.333. The van der Waals surface area contributed by atoms with Gasteiger partial charge in [-0.2, -0.15) is 0 Å². The molecule has 0 rings (SSSR count). The second-order valence-electron chi connectivity index (χ2n) is 0.524. The van der Waals surface area contributed by atoms with Gasteiger partial charge in [0.1, 0.15) is 0 Å². The topological polar surface area (TPSA) is 26.0 Å². The third-order valence-corrected chi connectivity index (χ3v) is 0.167. The van der Waals surface area contributed by atoms with Gasteiger partial charge < -0.3 is 5.73 Å². The number of halogens is 1. The number of rotatable bonds is 1. The van der Waals surface area contributed by atoms with Crippen molar-refractivity contribution in [3.63, 3.8) is 0 Å². The van der Waals surface area contributed by atoms with E-state index in [1.165, 1.54) is 0 Å². The highest BCUT2D eigenvalue weighted by Crippen LogP contribution is 1.40. The van der Waals surface area contributed by atoms with E-state index >= 15 is 0 Å². The van der Waals surface area contributed by atoms with Crippen molar-refractivity contribution in [1.82, 2.24) is 0 Å². The lowest BCUT2D eigenvalue weighted by atomic mass is 11.7. The average Bonchev–Trinajstić information content (AvgIpc) is 1.37. The van der Waals surface area contributed by atoms with E-state index in [0.717, 1.165) is 0 Å². The van der Waals surface area contributed by atoms with Gasteiger partial charge in [-0.15, -0.1) is 19.0 Å². The predicted octanol–water partition coefficient (Wildman–Crippen LogP) is 0.553. The highest BCUT2D eigenvalue weighted by Gasteiger charge is 1.43. The second kappa shape index (κ2) is 9.01. The molecule has 0 atom stereocenters. The molecule has 1 nitrogen and oxygen atoms in total. The van der Waals surface area contributed by atoms with Crippen LogP contribution >= 0.6 is 12.4 Å². The van der Waals surface area contributed by atoms with E-state index < -0.39 is 0 Å². The Bertz CT molecular complexity index is 20.9. The monoisotopic (exact) mass is 97.0 g/mol. The number of hydrogen-bond acceptors (Lipinski definition) is 1. The largest absolute Gasteiger partial charge is 0.327 e. The SMILES string of the molecule is Cl.[13CH2]=[13CH][13CH2][15NH2]. The van der Waals surface area contributed by atoms with E-state index in [1.807, 2.05) is 0 Å². The molecule has 2 heteroatoms. The van der Waals surface area contributed by atoms with Crippen LogP contribution in [0.2, 0.25) is 0 Å². The highest BCUT2D eigenvalue weighted by molar-refractivity contribution is 5.85. The first-order chi connectivity index (χ1) is 1.91. The van der Waals surface area contributed by atoms with Crippen LogP contribution in [-0.2, 0) is 0 Å². The molecule has 5 heavy (non-hydrogen) atoms. The van der Waals surface area contributed by atoms with Crippen LogP contribution < -0.4 is 5.73 Å². The molecule has 0 unspecified atom stereocenters. The van der Waals surface area contributed by atoms with Crippen molar-refractivity contribution in [3.05, 3.63) is 12.7 Å². The van der Waals surface area contributed by atoms with E-state index in [4.69, 9.17) is 5.73 Å². The molecular weight excluding hydrogens is 89.5 g/mol. The maximum absolute atomic E-state index is 4.91. The zero-order valence-corrected chi connectivity index (χ0v) is 3.79. The first-order valence-electron chi connectivity index (χ1n) is 1.22. The summed E-state index contributed by atoms with van der Waals surface area (Å²) in [5.41, 5.74) is 4.91. The number of hydrogen-bond donors (Lipinski definition) is 1. The molecule has 32 valence electrons. The van der Waals surface area contributed by atoms with Crippen molar-refractivity contribution in [2.75, 3.05) is 6.54 Å². The fourth-order valence-corrected chi connectivity index (χ4v) is 0. The molecule has 0 aromatic heterocycles. The quantitative estimate of drug-likeness (QED) is 0.289. The summed E-state index contributed by atoms with van der Waals surface area (Å²) in [5, 5.41) is 0. The van der Waals surface area contributed by atoms with E-state index in [2.05, 4.69) is 6.58 Å². The smallest absolute Gasteiger partial charge is 0.0104 e. The van der Waals surface area contributed by atoms with E-state index in [1.54, 1.807) is 6.08 Å². The van der Waals surface area contributed by atoms with Gasteiger partial charge in [0.2, 0.25) is 0 Å². The Labute approximate surface area is 38.3 Å². The minimum atomic E-state index is 0. The lowest BCUT2D eigenvalue weighted by Crippen LogP contribution is -1.90. The van der Waals surface area contributed by atoms with Crippen molar-refractivity contribution in [2.45, 2.75) is 0 Å². The normalized spacial score (nSPS) is 5.00. The standard InChI is InChI=1S/C3H7N.ClH/c1-2-3-4;/h2H,1,3-4H2;1H/i1+1,2+1,3+1,4+1;. The van der Waals surface area contributed by atoms with Crippen LogP contribution in [0.5, 0.6) is 0 Å². The Morgan fingerprint density at radius 2 is 2.00 bits per heavy atom. The lowest BCUT2D eigenvalue weighted by Gasteiger charge is -1.61. The summed E-state index contributed by atoms with van der Waals surface area (Å²) in [7, 11) is 0. The molecule has 0 aromatic rings. The van der Waals surface area contributed by atoms with Crippen molar-refractivity contribution >= 4 is 12.4 Å². The van der Waals surface area contributed by atoms with Gasteiger partial charge in [0.15, 0.2) is 0 Å². The summed E-state index contributed by atoms with van der Waals surface area (Å²) >= 11 is 0. The van der Waals surface area contributed by atoms with Crippen LogP contribution in [0, 0.1) is 0 Å². The summed E-state index contributed by atoms with van der Waals surface area (Å²) in [6, 6.07) is 0.